The van der Waals surface area contributed by atoms with Crippen molar-refractivity contribution in [1.29, 1.82) is 0 Å². The number of benzene rings is 2. The van der Waals surface area contributed by atoms with Crippen LogP contribution >= 0.6 is 46.5 Å². The molecule has 0 bridgehead atoms. The predicted octanol–water partition coefficient (Wildman–Crippen LogP) is 5.52. The van der Waals surface area contributed by atoms with E-state index in [0.29, 0.717) is 6.61 Å². The van der Waals surface area contributed by atoms with Gasteiger partial charge in [-0.2, -0.15) is 5.10 Å². The van der Waals surface area contributed by atoms with Crippen molar-refractivity contribution in [3.8, 4) is 5.75 Å². The smallest absolute Gasteiger partial charge is 0.250 e. The Balaban J connectivity index is 1.38. The minimum absolute atomic E-state index is 0.204. The Hall–Kier alpha value is -2.07. The number of nitrogens with one attached hydrogen (secondary N) is 1. The summed E-state index contributed by atoms with van der Waals surface area (Å²) in [4.78, 5) is 12.0. The van der Waals surface area contributed by atoms with Crippen molar-refractivity contribution < 1.29 is 9.53 Å². The van der Waals surface area contributed by atoms with E-state index in [-0.39, 0.29) is 11.7 Å². The molecule has 1 N–H and O–H groups in total. The molecule has 3 rings (SSSR count). The lowest BCUT2D eigenvalue weighted by molar-refractivity contribution is -0.118. The van der Waals surface area contributed by atoms with Gasteiger partial charge in [0.25, 0.3) is 5.91 Å². The van der Waals surface area contributed by atoms with Crippen LogP contribution in [0.1, 0.15) is 24.5 Å². The summed E-state index contributed by atoms with van der Waals surface area (Å²) in [5.74, 6) is 1.55. The van der Waals surface area contributed by atoms with Gasteiger partial charge in [0.1, 0.15) is 5.75 Å². The Labute approximate surface area is 198 Å². The molecule has 0 unspecified atom stereocenters. The van der Waals surface area contributed by atoms with Gasteiger partial charge in [0, 0.05) is 10.8 Å². The van der Waals surface area contributed by atoms with Crippen molar-refractivity contribution in [2.45, 2.75) is 27.8 Å². The number of aromatic nitrogens is 2. The highest BCUT2D eigenvalue weighted by Gasteiger charge is 2.09. The summed E-state index contributed by atoms with van der Waals surface area (Å²) in [6, 6.07) is 15.3. The molecule has 0 fully saturated rings. The van der Waals surface area contributed by atoms with Crippen molar-refractivity contribution in [3.63, 3.8) is 0 Å². The highest BCUT2D eigenvalue weighted by molar-refractivity contribution is 8.03. The molecule has 3 aromatic rings. The van der Waals surface area contributed by atoms with Gasteiger partial charge in [0.15, 0.2) is 8.68 Å². The van der Waals surface area contributed by atoms with Crippen molar-refractivity contribution in [2.75, 3.05) is 12.4 Å². The zero-order valence-corrected chi connectivity index (χ0v) is 20.0. The zero-order chi connectivity index (χ0) is 21.9. The Morgan fingerprint density at radius 2 is 1.90 bits per heavy atom. The standard InChI is InChI=1S/C21H21ClN4O2S3/c1-2-11-28-17-9-7-15(8-10-17)12-23-24-19(27)14-30-21-26-25-20(31-21)29-13-16-5-3-4-6-18(16)22/h3-10,12H,2,11,13-14H2,1H3,(H,24,27)/b23-12+. The van der Waals surface area contributed by atoms with Crippen molar-refractivity contribution >= 4 is 58.6 Å². The number of rotatable bonds is 11. The van der Waals surface area contributed by atoms with Gasteiger partial charge in [-0.15, -0.1) is 10.2 Å². The first-order chi connectivity index (χ1) is 15.1. The summed E-state index contributed by atoms with van der Waals surface area (Å²) in [6.07, 6.45) is 2.56. The van der Waals surface area contributed by atoms with E-state index in [2.05, 4.69) is 27.6 Å². The van der Waals surface area contributed by atoms with E-state index < -0.39 is 0 Å². The molecule has 6 nitrogen and oxygen atoms in total. The van der Waals surface area contributed by atoms with Crippen molar-refractivity contribution in [1.82, 2.24) is 15.6 Å². The molecule has 0 aliphatic heterocycles. The summed E-state index contributed by atoms with van der Waals surface area (Å²) in [6.45, 7) is 2.75. The van der Waals surface area contributed by atoms with E-state index in [4.69, 9.17) is 16.3 Å². The quantitative estimate of drug-likeness (QED) is 0.216. The van der Waals surface area contributed by atoms with Gasteiger partial charge in [-0.25, -0.2) is 5.43 Å². The molecule has 2 aromatic carbocycles. The maximum absolute atomic E-state index is 12.0. The number of nitrogens with zero attached hydrogens (tertiary/aromatic N) is 3. The molecule has 0 radical (unpaired) electrons. The van der Waals surface area contributed by atoms with Gasteiger partial charge >= 0.3 is 0 Å². The van der Waals surface area contributed by atoms with Crippen LogP contribution in [0.5, 0.6) is 5.75 Å². The lowest BCUT2D eigenvalue weighted by Crippen LogP contribution is -2.19. The van der Waals surface area contributed by atoms with Crippen LogP contribution < -0.4 is 10.2 Å². The lowest BCUT2D eigenvalue weighted by Gasteiger charge is -2.03. The number of halogens is 1. The van der Waals surface area contributed by atoms with E-state index >= 15 is 0 Å². The minimum atomic E-state index is -0.204. The fourth-order valence-electron chi connectivity index (χ4n) is 2.28. The van der Waals surface area contributed by atoms with Gasteiger partial charge in [0.05, 0.1) is 18.6 Å². The van der Waals surface area contributed by atoms with Gasteiger partial charge in [-0.05, 0) is 47.9 Å². The molecule has 10 heteroatoms. The second-order valence-corrected chi connectivity index (χ2v) is 10.0. The highest BCUT2D eigenvalue weighted by atomic mass is 35.5. The van der Waals surface area contributed by atoms with Crippen LogP contribution in [-0.2, 0) is 10.5 Å². The van der Waals surface area contributed by atoms with E-state index in [0.717, 1.165) is 42.8 Å². The SMILES string of the molecule is CCCOc1ccc(/C=N/NC(=O)CSc2nnc(SCc3ccccc3Cl)s2)cc1. The Kier molecular flexibility index (Phi) is 9.67. The molecule has 0 saturated carbocycles. The van der Waals surface area contributed by atoms with Crippen molar-refractivity contribution in [3.05, 3.63) is 64.7 Å². The van der Waals surface area contributed by atoms with E-state index in [1.165, 1.54) is 23.1 Å². The first-order valence-electron chi connectivity index (χ1n) is 9.51. The maximum atomic E-state index is 12.0. The molecule has 0 spiro atoms. The van der Waals surface area contributed by atoms with E-state index in [1.54, 1.807) is 18.0 Å². The van der Waals surface area contributed by atoms with Crippen LogP contribution in [0.3, 0.4) is 0 Å². The number of thioether (sulfide) groups is 2. The Bertz CT molecular complexity index is 1010. The van der Waals surface area contributed by atoms with Crippen LogP contribution in [0.15, 0.2) is 62.3 Å². The summed E-state index contributed by atoms with van der Waals surface area (Å²) >= 11 is 10.5. The third-order valence-corrected chi connectivity index (χ3v) is 7.39. The van der Waals surface area contributed by atoms with E-state index in [1.807, 2.05) is 48.5 Å². The maximum Gasteiger partial charge on any atom is 0.250 e. The van der Waals surface area contributed by atoms with Gasteiger partial charge in [0.2, 0.25) is 0 Å². The second-order valence-electron chi connectivity index (χ2n) is 6.21. The normalized spacial score (nSPS) is 11.0. The minimum Gasteiger partial charge on any atom is -0.494 e. The number of hydrogen-bond acceptors (Lipinski definition) is 8. The number of amides is 1. The molecule has 0 atom stereocenters. The average molecular weight is 493 g/mol. The molecule has 0 aliphatic rings. The van der Waals surface area contributed by atoms with E-state index in [9.17, 15) is 4.79 Å². The molecule has 1 heterocycles. The summed E-state index contributed by atoms with van der Waals surface area (Å²) in [5.41, 5.74) is 4.46. The molecular weight excluding hydrogens is 472 g/mol. The van der Waals surface area contributed by atoms with Gasteiger partial charge in [-0.1, -0.05) is 71.6 Å². The number of hydrazone groups is 1. The Morgan fingerprint density at radius 3 is 2.65 bits per heavy atom. The highest BCUT2D eigenvalue weighted by Crippen LogP contribution is 2.32. The van der Waals surface area contributed by atoms with Crippen LogP contribution in [0, 0.1) is 0 Å². The largest absolute Gasteiger partial charge is 0.494 e. The third-order valence-electron chi connectivity index (χ3n) is 3.78. The third kappa shape index (κ3) is 8.17. The molecule has 0 aliphatic carbocycles. The topological polar surface area (TPSA) is 76.5 Å². The summed E-state index contributed by atoms with van der Waals surface area (Å²) < 4.78 is 7.12. The molecule has 1 aromatic heterocycles. The number of carbonyl (C=O) groups excluding carboxylic acids is 1. The van der Waals surface area contributed by atoms with Crippen LogP contribution in [-0.4, -0.2) is 34.7 Å². The summed E-state index contributed by atoms with van der Waals surface area (Å²) in [5, 5.41) is 13.0. The molecule has 162 valence electrons. The average Bonchev–Trinajstić information content (AvgIpc) is 3.24. The zero-order valence-electron chi connectivity index (χ0n) is 16.8. The Morgan fingerprint density at radius 1 is 1.16 bits per heavy atom. The van der Waals surface area contributed by atoms with Crippen LogP contribution in [0.4, 0.5) is 0 Å². The number of carbonyl (C=O) groups is 1. The fourth-order valence-corrected chi connectivity index (χ4v) is 5.38. The monoisotopic (exact) mass is 492 g/mol. The first kappa shape index (κ1) is 23.6. The molecule has 0 saturated heterocycles. The van der Waals surface area contributed by atoms with Gasteiger partial charge < -0.3 is 4.74 Å². The molecule has 31 heavy (non-hydrogen) atoms. The van der Waals surface area contributed by atoms with Crippen LogP contribution in [0.25, 0.3) is 0 Å². The molecular formula is C21H21ClN4O2S3. The predicted molar refractivity (Wildman–Crippen MR) is 130 cm³/mol. The molecule has 1 amide bonds. The lowest BCUT2D eigenvalue weighted by atomic mass is 10.2. The van der Waals surface area contributed by atoms with Gasteiger partial charge in [-0.3, -0.25) is 4.79 Å². The van der Waals surface area contributed by atoms with Crippen LogP contribution in [0.2, 0.25) is 5.02 Å². The summed E-state index contributed by atoms with van der Waals surface area (Å²) in [7, 11) is 0. The second kappa shape index (κ2) is 12.7. The van der Waals surface area contributed by atoms with Crippen molar-refractivity contribution in [2.24, 2.45) is 5.10 Å². The fraction of sp³-hybridized carbons (Fsp3) is 0.238. The number of hydrogen-bond donors (Lipinski definition) is 1. The first-order valence-corrected chi connectivity index (χ1v) is 12.7. The number of ether oxygens (including phenoxy) is 1.